The van der Waals surface area contributed by atoms with Crippen molar-refractivity contribution in [2.45, 2.75) is 12.5 Å². The highest BCUT2D eigenvalue weighted by atomic mass is 79.9. The first kappa shape index (κ1) is 16.3. The zero-order valence-electron chi connectivity index (χ0n) is 11.1. The van der Waals surface area contributed by atoms with Gasteiger partial charge in [-0.25, -0.2) is 13.2 Å². The minimum absolute atomic E-state index is 0.0251. The molecule has 2 aromatic carbocycles. The van der Waals surface area contributed by atoms with Gasteiger partial charge in [-0.3, -0.25) is 0 Å². The molecule has 0 spiro atoms. The van der Waals surface area contributed by atoms with Gasteiger partial charge in [-0.15, -0.1) is 0 Å². The summed E-state index contributed by atoms with van der Waals surface area (Å²) in [6.45, 7) is 0. The average Bonchev–Trinajstić information content (AvgIpc) is 2.47. The zero-order valence-corrected chi connectivity index (χ0v) is 13.4. The molecule has 21 heavy (non-hydrogen) atoms. The molecule has 1 nitrogen and oxygen atoms in total. The first-order chi connectivity index (χ1) is 9.95. The van der Waals surface area contributed by atoms with E-state index in [4.69, 9.17) is 11.6 Å². The average molecular weight is 379 g/mol. The fraction of sp³-hybridized carbons (Fsp3) is 0.200. The highest BCUT2D eigenvalue weighted by Crippen LogP contribution is 2.29. The van der Waals surface area contributed by atoms with E-state index in [0.717, 1.165) is 0 Å². The molecular formula is C15H12BrClF3N. The van der Waals surface area contributed by atoms with Crippen molar-refractivity contribution >= 4 is 27.5 Å². The highest BCUT2D eigenvalue weighted by molar-refractivity contribution is 9.10. The van der Waals surface area contributed by atoms with Crippen LogP contribution >= 0.6 is 27.5 Å². The lowest BCUT2D eigenvalue weighted by Crippen LogP contribution is -2.21. The second-order valence-electron chi connectivity index (χ2n) is 4.51. The van der Waals surface area contributed by atoms with E-state index in [9.17, 15) is 13.2 Å². The molecule has 1 N–H and O–H groups in total. The van der Waals surface area contributed by atoms with Gasteiger partial charge in [0.25, 0.3) is 0 Å². The van der Waals surface area contributed by atoms with Gasteiger partial charge >= 0.3 is 0 Å². The summed E-state index contributed by atoms with van der Waals surface area (Å²) >= 11 is 8.76. The summed E-state index contributed by atoms with van der Waals surface area (Å²) in [7, 11) is 1.60. The Kier molecular flexibility index (Phi) is 5.30. The first-order valence-electron chi connectivity index (χ1n) is 6.19. The quantitative estimate of drug-likeness (QED) is 0.736. The van der Waals surface area contributed by atoms with E-state index in [-0.39, 0.29) is 27.0 Å². The van der Waals surface area contributed by atoms with Crippen molar-refractivity contribution in [1.29, 1.82) is 0 Å². The van der Waals surface area contributed by atoms with Gasteiger partial charge in [0.15, 0.2) is 0 Å². The standard InChI is InChI=1S/C15H12BrClF3N/c1-21-13(8-3-2-4-11(17)15(8)20)7-9-12(18)6-5-10(16)14(9)19/h2-6,13,21H,7H2,1H3. The van der Waals surface area contributed by atoms with E-state index in [1.807, 2.05) is 0 Å². The Morgan fingerprint density at radius 3 is 2.52 bits per heavy atom. The minimum atomic E-state index is -0.683. The molecule has 0 heterocycles. The molecule has 0 radical (unpaired) electrons. The Morgan fingerprint density at radius 2 is 1.86 bits per heavy atom. The van der Waals surface area contributed by atoms with Crippen molar-refractivity contribution in [2.24, 2.45) is 0 Å². The van der Waals surface area contributed by atoms with E-state index in [0.29, 0.717) is 0 Å². The fourth-order valence-corrected chi connectivity index (χ4v) is 2.67. The van der Waals surface area contributed by atoms with Crippen LogP contribution in [0.3, 0.4) is 0 Å². The molecule has 0 aromatic heterocycles. The molecular weight excluding hydrogens is 367 g/mol. The number of hydrogen-bond donors (Lipinski definition) is 1. The van der Waals surface area contributed by atoms with Gasteiger partial charge in [0.2, 0.25) is 0 Å². The van der Waals surface area contributed by atoms with Crippen molar-refractivity contribution in [1.82, 2.24) is 5.32 Å². The van der Waals surface area contributed by atoms with E-state index >= 15 is 0 Å². The maximum atomic E-state index is 14.1. The number of halogens is 5. The van der Waals surface area contributed by atoms with Gasteiger partial charge in [-0.1, -0.05) is 23.7 Å². The van der Waals surface area contributed by atoms with Crippen molar-refractivity contribution in [2.75, 3.05) is 7.05 Å². The molecule has 0 aliphatic rings. The third kappa shape index (κ3) is 3.42. The lowest BCUT2D eigenvalue weighted by Gasteiger charge is -2.19. The van der Waals surface area contributed by atoms with Crippen LogP contribution in [0.2, 0.25) is 5.02 Å². The molecule has 6 heteroatoms. The monoisotopic (exact) mass is 377 g/mol. The second-order valence-corrected chi connectivity index (χ2v) is 5.77. The van der Waals surface area contributed by atoms with Crippen LogP contribution in [-0.4, -0.2) is 7.05 Å². The molecule has 1 unspecified atom stereocenters. The largest absolute Gasteiger partial charge is 0.313 e. The molecule has 0 saturated carbocycles. The van der Waals surface area contributed by atoms with E-state index in [1.54, 1.807) is 13.1 Å². The first-order valence-corrected chi connectivity index (χ1v) is 7.36. The summed E-state index contributed by atoms with van der Waals surface area (Å²) in [4.78, 5) is 0. The van der Waals surface area contributed by atoms with Crippen LogP contribution in [0.4, 0.5) is 13.2 Å². The smallest absolute Gasteiger partial charge is 0.146 e. The van der Waals surface area contributed by atoms with Crippen LogP contribution in [0.5, 0.6) is 0 Å². The van der Waals surface area contributed by atoms with Crippen LogP contribution in [0.25, 0.3) is 0 Å². The molecule has 112 valence electrons. The summed E-state index contributed by atoms with van der Waals surface area (Å²) < 4.78 is 42.1. The van der Waals surface area contributed by atoms with E-state index in [1.165, 1.54) is 24.3 Å². The van der Waals surface area contributed by atoms with Gasteiger partial charge < -0.3 is 5.32 Å². The van der Waals surface area contributed by atoms with Crippen LogP contribution < -0.4 is 5.32 Å². The Morgan fingerprint density at radius 1 is 1.14 bits per heavy atom. The lowest BCUT2D eigenvalue weighted by atomic mass is 9.98. The normalized spacial score (nSPS) is 12.5. The summed E-state index contributed by atoms with van der Waals surface area (Å²) in [5, 5.41) is 2.84. The van der Waals surface area contributed by atoms with Gasteiger partial charge in [-0.2, -0.15) is 0 Å². The van der Waals surface area contributed by atoms with Gasteiger partial charge in [0, 0.05) is 17.2 Å². The number of likely N-dealkylation sites (N-methyl/N-ethyl adjacent to an activating group) is 1. The molecule has 2 rings (SSSR count). The molecule has 2 aromatic rings. The lowest BCUT2D eigenvalue weighted by molar-refractivity contribution is 0.495. The highest BCUT2D eigenvalue weighted by Gasteiger charge is 2.21. The van der Waals surface area contributed by atoms with Crippen LogP contribution in [0.1, 0.15) is 17.2 Å². The molecule has 0 amide bonds. The fourth-order valence-electron chi connectivity index (χ4n) is 2.12. The topological polar surface area (TPSA) is 12.0 Å². The van der Waals surface area contributed by atoms with E-state index in [2.05, 4.69) is 21.2 Å². The van der Waals surface area contributed by atoms with Gasteiger partial charge in [0.05, 0.1) is 9.50 Å². The zero-order chi connectivity index (χ0) is 15.6. The van der Waals surface area contributed by atoms with Crippen LogP contribution in [-0.2, 0) is 6.42 Å². The minimum Gasteiger partial charge on any atom is -0.313 e. The molecule has 0 fully saturated rings. The van der Waals surface area contributed by atoms with Crippen molar-refractivity contribution in [3.8, 4) is 0 Å². The molecule has 1 atom stereocenters. The van der Waals surface area contributed by atoms with Crippen LogP contribution in [0.15, 0.2) is 34.8 Å². The maximum absolute atomic E-state index is 14.1. The number of benzene rings is 2. The van der Waals surface area contributed by atoms with Crippen molar-refractivity contribution in [3.63, 3.8) is 0 Å². The summed E-state index contributed by atoms with van der Waals surface area (Å²) in [5.41, 5.74) is 0.159. The number of hydrogen-bond acceptors (Lipinski definition) is 1. The van der Waals surface area contributed by atoms with Gasteiger partial charge in [-0.05, 0) is 47.6 Å². The molecule has 0 saturated heterocycles. The Hall–Kier alpha value is -1.04. The summed E-state index contributed by atoms with van der Waals surface area (Å²) in [6.07, 6.45) is -0.0368. The number of nitrogens with one attached hydrogen (secondary N) is 1. The number of rotatable bonds is 4. The third-order valence-corrected chi connectivity index (χ3v) is 4.16. The summed E-state index contributed by atoms with van der Waals surface area (Å²) in [5.74, 6) is -1.94. The predicted molar refractivity (Wildman–Crippen MR) is 81.0 cm³/mol. The predicted octanol–water partition coefficient (Wildman–Crippen LogP) is 5.02. The van der Waals surface area contributed by atoms with Crippen molar-refractivity contribution < 1.29 is 13.2 Å². The SMILES string of the molecule is CNC(Cc1c(F)ccc(Br)c1F)c1cccc(Cl)c1F. The molecule has 0 aliphatic carbocycles. The van der Waals surface area contributed by atoms with Crippen LogP contribution in [0, 0.1) is 17.5 Å². The maximum Gasteiger partial charge on any atom is 0.146 e. The Labute approximate surface area is 134 Å². The second kappa shape index (κ2) is 6.81. The Balaban J connectivity index is 2.41. The Bertz CT molecular complexity index is 664. The van der Waals surface area contributed by atoms with Gasteiger partial charge in [0.1, 0.15) is 17.5 Å². The summed E-state index contributed by atoms with van der Waals surface area (Å²) in [6, 6.07) is 6.43. The van der Waals surface area contributed by atoms with Crippen molar-refractivity contribution in [3.05, 3.63) is 68.4 Å². The third-order valence-electron chi connectivity index (χ3n) is 3.25. The van der Waals surface area contributed by atoms with E-state index < -0.39 is 23.5 Å². The molecule has 0 bridgehead atoms. The molecule has 0 aliphatic heterocycles.